The Morgan fingerprint density at radius 1 is 1.42 bits per heavy atom. The number of benzene rings is 1. The Morgan fingerprint density at radius 3 is 2.83 bits per heavy atom. The molecular weight excluding hydrogens is 296 g/mol. The molecule has 4 unspecified atom stereocenters. The highest BCUT2D eigenvalue weighted by Gasteiger charge is 2.51. The van der Waals surface area contributed by atoms with Gasteiger partial charge in [0.15, 0.2) is 0 Å². The molecule has 1 aromatic rings. The summed E-state index contributed by atoms with van der Waals surface area (Å²) in [5.41, 5.74) is 3.25. The van der Waals surface area contributed by atoms with E-state index in [9.17, 15) is 0 Å². The van der Waals surface area contributed by atoms with Gasteiger partial charge in [-0.25, -0.2) is 0 Å². The fraction of sp³-hybridized carbons (Fsp3) is 0.714. The van der Waals surface area contributed by atoms with Crippen molar-refractivity contribution < 1.29 is 4.74 Å². The first-order valence-electron chi connectivity index (χ1n) is 9.48. The Balaban J connectivity index is 2.02. The first-order valence-corrected chi connectivity index (χ1v) is 9.48. The number of ether oxygens (including phenoxy) is 1. The number of likely N-dealkylation sites (N-methyl/N-ethyl adjacent to an activating group) is 2. The van der Waals surface area contributed by atoms with Crippen LogP contribution >= 0.6 is 0 Å². The maximum absolute atomic E-state index is 5.54. The lowest BCUT2D eigenvalue weighted by Gasteiger charge is -2.57. The highest BCUT2D eigenvalue weighted by atomic mass is 16.5. The van der Waals surface area contributed by atoms with Crippen LogP contribution < -0.4 is 4.74 Å². The standard InChI is InChI=1S/C21H34N2O/c1-7-15(2)14-23(5)20-19-12-16-8-9-17(24-6)13-18(16)21(20,3)10-11-22(19)4/h8-9,13,15,19-20H,7,10-12,14H2,1-6H3. The van der Waals surface area contributed by atoms with Gasteiger partial charge in [0.1, 0.15) is 5.75 Å². The quantitative estimate of drug-likeness (QED) is 0.821. The average Bonchev–Trinajstić information content (AvgIpc) is 2.58. The number of nitrogens with zero attached hydrogens (tertiary/aromatic N) is 2. The summed E-state index contributed by atoms with van der Waals surface area (Å²) in [7, 11) is 6.42. The van der Waals surface area contributed by atoms with Crippen LogP contribution in [0.15, 0.2) is 18.2 Å². The first-order chi connectivity index (χ1) is 11.4. The maximum atomic E-state index is 5.54. The molecule has 3 rings (SSSR count). The summed E-state index contributed by atoms with van der Waals surface area (Å²) in [6, 6.07) is 7.91. The van der Waals surface area contributed by atoms with E-state index in [0.29, 0.717) is 12.1 Å². The Kier molecular flexibility index (Phi) is 4.94. The van der Waals surface area contributed by atoms with E-state index in [0.717, 1.165) is 18.1 Å². The molecule has 3 heteroatoms. The predicted octanol–water partition coefficient (Wildman–Crippen LogP) is 3.56. The van der Waals surface area contributed by atoms with E-state index in [2.05, 4.69) is 62.9 Å². The van der Waals surface area contributed by atoms with Crippen LogP contribution in [0.2, 0.25) is 0 Å². The lowest BCUT2D eigenvalue weighted by molar-refractivity contribution is -0.00269. The lowest BCUT2D eigenvalue weighted by Crippen LogP contribution is -2.66. The van der Waals surface area contributed by atoms with Gasteiger partial charge < -0.3 is 14.5 Å². The third-order valence-corrected chi connectivity index (χ3v) is 6.70. The van der Waals surface area contributed by atoms with Crippen molar-refractivity contribution in [2.24, 2.45) is 5.92 Å². The van der Waals surface area contributed by atoms with Gasteiger partial charge >= 0.3 is 0 Å². The summed E-state index contributed by atoms with van der Waals surface area (Å²) in [6.45, 7) is 9.53. The van der Waals surface area contributed by atoms with Gasteiger partial charge in [0.25, 0.3) is 0 Å². The van der Waals surface area contributed by atoms with Crippen LogP contribution in [-0.4, -0.2) is 56.2 Å². The van der Waals surface area contributed by atoms with Gasteiger partial charge in [-0.2, -0.15) is 0 Å². The molecule has 1 aliphatic carbocycles. The second-order valence-electron chi connectivity index (χ2n) is 8.34. The molecule has 1 saturated heterocycles. The van der Waals surface area contributed by atoms with Gasteiger partial charge in [0, 0.05) is 24.0 Å². The minimum Gasteiger partial charge on any atom is -0.497 e. The monoisotopic (exact) mass is 330 g/mol. The third kappa shape index (κ3) is 2.86. The van der Waals surface area contributed by atoms with Gasteiger partial charge in [0.2, 0.25) is 0 Å². The van der Waals surface area contributed by atoms with Crippen LogP contribution in [0, 0.1) is 5.92 Å². The number of piperidine rings is 1. The predicted molar refractivity (Wildman–Crippen MR) is 101 cm³/mol. The number of likely N-dealkylation sites (tertiary alicyclic amines) is 1. The van der Waals surface area contributed by atoms with E-state index < -0.39 is 0 Å². The Labute approximate surface area is 148 Å². The van der Waals surface area contributed by atoms with Crippen LogP contribution in [0.3, 0.4) is 0 Å². The van der Waals surface area contributed by atoms with Crippen molar-refractivity contribution in [1.82, 2.24) is 9.80 Å². The van der Waals surface area contributed by atoms with E-state index in [-0.39, 0.29) is 5.41 Å². The summed E-state index contributed by atoms with van der Waals surface area (Å²) in [5.74, 6) is 1.74. The average molecular weight is 331 g/mol. The van der Waals surface area contributed by atoms with Crippen molar-refractivity contribution >= 4 is 0 Å². The SMILES string of the molecule is CCC(C)CN(C)C1C2Cc3ccc(OC)cc3C1(C)CCN2C. The van der Waals surface area contributed by atoms with E-state index in [1.54, 1.807) is 7.11 Å². The molecule has 1 heterocycles. The number of fused-ring (bicyclic) bond motifs is 4. The second kappa shape index (κ2) is 6.68. The molecule has 0 aromatic heterocycles. The fourth-order valence-corrected chi connectivity index (χ4v) is 5.08. The lowest BCUT2D eigenvalue weighted by atomic mass is 9.61. The summed E-state index contributed by atoms with van der Waals surface area (Å²) in [6.07, 6.45) is 3.62. The molecule has 2 aliphatic rings. The number of methoxy groups -OCH3 is 1. The van der Waals surface area contributed by atoms with Crippen LogP contribution in [0.1, 0.15) is 44.7 Å². The maximum Gasteiger partial charge on any atom is 0.119 e. The molecule has 1 fully saturated rings. The minimum absolute atomic E-state index is 0.210. The van der Waals surface area contributed by atoms with Crippen LogP contribution in [-0.2, 0) is 11.8 Å². The molecule has 24 heavy (non-hydrogen) atoms. The fourth-order valence-electron chi connectivity index (χ4n) is 5.08. The van der Waals surface area contributed by atoms with Crippen molar-refractivity contribution in [2.75, 3.05) is 34.3 Å². The summed E-state index contributed by atoms with van der Waals surface area (Å²) >= 11 is 0. The topological polar surface area (TPSA) is 15.7 Å². The van der Waals surface area contributed by atoms with Gasteiger partial charge in [-0.15, -0.1) is 0 Å². The zero-order valence-electron chi connectivity index (χ0n) is 16.3. The Bertz CT molecular complexity index is 587. The normalized spacial score (nSPS) is 31.0. The molecule has 0 radical (unpaired) electrons. The van der Waals surface area contributed by atoms with Crippen molar-refractivity contribution in [3.8, 4) is 5.75 Å². The number of hydrogen-bond donors (Lipinski definition) is 0. The Hall–Kier alpha value is -1.06. The van der Waals surface area contributed by atoms with E-state index >= 15 is 0 Å². The first kappa shape index (κ1) is 17.8. The van der Waals surface area contributed by atoms with Crippen molar-refractivity contribution in [3.63, 3.8) is 0 Å². The number of rotatable bonds is 5. The van der Waals surface area contributed by atoms with E-state index in [4.69, 9.17) is 4.74 Å². The number of hydrogen-bond acceptors (Lipinski definition) is 3. The minimum atomic E-state index is 0.210. The smallest absolute Gasteiger partial charge is 0.119 e. The summed E-state index contributed by atoms with van der Waals surface area (Å²) in [4.78, 5) is 5.24. The highest BCUT2D eigenvalue weighted by Crippen LogP contribution is 2.47. The van der Waals surface area contributed by atoms with Crippen LogP contribution in [0.4, 0.5) is 0 Å². The molecule has 0 saturated carbocycles. The molecule has 1 aromatic carbocycles. The van der Waals surface area contributed by atoms with Crippen molar-refractivity contribution in [1.29, 1.82) is 0 Å². The van der Waals surface area contributed by atoms with Crippen molar-refractivity contribution in [3.05, 3.63) is 29.3 Å². The van der Waals surface area contributed by atoms with Crippen molar-refractivity contribution in [2.45, 2.75) is 57.5 Å². The molecule has 0 N–H and O–H groups in total. The van der Waals surface area contributed by atoms with Crippen LogP contribution in [0.25, 0.3) is 0 Å². The molecule has 134 valence electrons. The summed E-state index contributed by atoms with van der Waals surface area (Å²) < 4.78 is 5.54. The van der Waals surface area contributed by atoms with Crippen LogP contribution in [0.5, 0.6) is 5.75 Å². The molecule has 3 nitrogen and oxygen atoms in total. The molecule has 0 spiro atoms. The molecule has 0 amide bonds. The van der Waals surface area contributed by atoms with E-state index in [1.807, 2.05) is 0 Å². The Morgan fingerprint density at radius 2 is 2.17 bits per heavy atom. The van der Waals surface area contributed by atoms with Gasteiger partial charge in [0.05, 0.1) is 7.11 Å². The molecule has 2 bridgehead atoms. The van der Waals surface area contributed by atoms with Gasteiger partial charge in [-0.3, -0.25) is 0 Å². The second-order valence-corrected chi connectivity index (χ2v) is 8.34. The van der Waals surface area contributed by atoms with E-state index in [1.165, 1.54) is 37.1 Å². The molecule has 4 atom stereocenters. The third-order valence-electron chi connectivity index (χ3n) is 6.70. The van der Waals surface area contributed by atoms with Gasteiger partial charge in [-0.1, -0.05) is 33.3 Å². The van der Waals surface area contributed by atoms with Gasteiger partial charge in [-0.05, 0) is 62.7 Å². The highest BCUT2D eigenvalue weighted by molar-refractivity contribution is 5.45. The molecular formula is C21H34N2O. The molecule has 1 aliphatic heterocycles. The summed E-state index contributed by atoms with van der Waals surface area (Å²) in [5, 5.41) is 0. The zero-order valence-corrected chi connectivity index (χ0v) is 16.3. The zero-order chi connectivity index (χ0) is 17.5. The largest absolute Gasteiger partial charge is 0.497 e.